The van der Waals surface area contributed by atoms with E-state index in [-0.39, 0.29) is 31.7 Å². The summed E-state index contributed by atoms with van der Waals surface area (Å²) < 4.78 is 126. The van der Waals surface area contributed by atoms with Gasteiger partial charge in [-0.05, 0) is 110 Å². The highest BCUT2D eigenvalue weighted by atomic mass is 79.9. The second kappa shape index (κ2) is 15.8. The molecule has 3 aliphatic rings. The van der Waals surface area contributed by atoms with Gasteiger partial charge in [-0.3, -0.25) is 9.69 Å². The first-order valence-electron chi connectivity index (χ1n) is 20.3. The molecule has 0 saturated carbocycles. The van der Waals surface area contributed by atoms with Crippen LogP contribution in [0.4, 0.5) is 32.4 Å². The van der Waals surface area contributed by atoms with Crippen molar-refractivity contribution in [3.63, 3.8) is 0 Å². The zero-order valence-electron chi connectivity index (χ0n) is 36.0. The van der Waals surface area contributed by atoms with Crippen molar-refractivity contribution in [3.05, 3.63) is 98.5 Å². The van der Waals surface area contributed by atoms with Crippen molar-refractivity contribution < 1.29 is 54.6 Å². The van der Waals surface area contributed by atoms with Crippen LogP contribution in [0.15, 0.2) is 59.1 Å². The van der Waals surface area contributed by atoms with E-state index in [4.69, 9.17) is 23.1 Å². The Morgan fingerprint density at radius 3 is 2.10 bits per heavy atom. The number of hydrogen-bond donors (Lipinski definition) is 0. The van der Waals surface area contributed by atoms with Crippen LogP contribution >= 0.6 is 15.9 Å². The van der Waals surface area contributed by atoms with Gasteiger partial charge in [0, 0.05) is 29.3 Å². The third kappa shape index (κ3) is 7.99. The number of alkyl halides is 3. The summed E-state index contributed by atoms with van der Waals surface area (Å²) in [7, 11) is 2.97. The van der Waals surface area contributed by atoms with Gasteiger partial charge in [0.25, 0.3) is 5.91 Å². The number of ether oxygens (including phenoxy) is 4. The molecular weight excluding hydrogens is 843 g/mol. The van der Waals surface area contributed by atoms with Crippen LogP contribution in [0.5, 0.6) is 17.4 Å². The number of amides is 2. The van der Waals surface area contributed by atoms with Crippen molar-refractivity contribution in [2.75, 3.05) is 25.7 Å². The van der Waals surface area contributed by atoms with Crippen molar-refractivity contribution >= 4 is 33.6 Å². The van der Waals surface area contributed by atoms with Gasteiger partial charge in [0.1, 0.15) is 40.3 Å². The van der Waals surface area contributed by atoms with E-state index >= 15 is 22.0 Å². The molecule has 3 aromatic carbocycles. The van der Waals surface area contributed by atoms with E-state index in [0.29, 0.717) is 29.0 Å². The second-order valence-corrected chi connectivity index (χ2v) is 16.5. The topological polar surface area (TPSA) is 93.7 Å². The second-order valence-electron chi connectivity index (χ2n) is 15.7. The molecule has 1 aromatic heterocycles. The van der Waals surface area contributed by atoms with Crippen molar-refractivity contribution in [2.45, 2.75) is 96.5 Å². The maximum atomic E-state index is 17.0. The number of carbonyl (C=O) groups excluding carboxylic acids is 2. The predicted molar refractivity (Wildman–Crippen MR) is 213 cm³/mol. The third-order valence-corrected chi connectivity index (χ3v) is 11.6. The third-order valence-electron chi connectivity index (χ3n) is 10.8. The van der Waals surface area contributed by atoms with Gasteiger partial charge < -0.3 is 28.7 Å². The number of hydrogen-bond acceptors (Lipinski definition) is 8. The highest BCUT2D eigenvalue weighted by Crippen LogP contribution is 2.48. The van der Waals surface area contributed by atoms with Crippen LogP contribution in [-0.4, -0.2) is 77.4 Å². The summed E-state index contributed by atoms with van der Waals surface area (Å²) in [6.07, 6.45) is -7.18. The number of pyridine rings is 1. The molecule has 10 nitrogen and oxygen atoms in total. The Balaban J connectivity index is 1.39. The Kier molecular flexibility index (Phi) is 10.2. The lowest BCUT2D eigenvalue weighted by atomic mass is 9.95. The maximum Gasteiger partial charge on any atom is 0.417 e. The van der Waals surface area contributed by atoms with E-state index in [1.165, 1.54) is 28.9 Å². The molecule has 2 amide bonds. The summed E-state index contributed by atoms with van der Waals surface area (Å²) in [5.74, 6) is -3.21. The Hall–Kier alpha value is -5.12. The number of aromatic nitrogens is 1. The summed E-state index contributed by atoms with van der Waals surface area (Å²) in [6.45, 7) is 2.73. The predicted octanol–water partition coefficient (Wildman–Crippen LogP) is 9.71. The van der Waals surface area contributed by atoms with Crippen LogP contribution in [0.1, 0.15) is 77.2 Å². The molecule has 2 saturated heterocycles. The number of carbonyl (C=O) groups is 2. The van der Waals surface area contributed by atoms with Gasteiger partial charge in [0.15, 0.2) is 5.82 Å². The summed E-state index contributed by atoms with van der Waals surface area (Å²) >= 11 is 3.10. The number of halogens is 6. The van der Waals surface area contributed by atoms with Crippen LogP contribution in [0.25, 0.3) is 11.3 Å². The van der Waals surface area contributed by atoms with Crippen molar-refractivity contribution in [3.8, 4) is 28.6 Å². The highest BCUT2D eigenvalue weighted by Gasteiger charge is 2.55. The first-order chi connectivity index (χ1) is 29.0. The Morgan fingerprint density at radius 1 is 0.983 bits per heavy atom. The average Bonchev–Trinajstić information content (AvgIpc) is 3.45. The molecule has 4 heterocycles. The summed E-state index contributed by atoms with van der Waals surface area (Å²) in [6, 6.07) is 11.6. The lowest BCUT2D eigenvalue weighted by Crippen LogP contribution is -2.65. The summed E-state index contributed by atoms with van der Waals surface area (Å²) in [5.41, 5.74) is -4.79. The number of methoxy groups -OCH3 is 2. The summed E-state index contributed by atoms with van der Waals surface area (Å²) in [5, 5.41) is 0. The Bertz CT molecular complexity index is 2330. The first-order valence-corrected chi connectivity index (χ1v) is 19.6. The van der Waals surface area contributed by atoms with E-state index in [2.05, 4.69) is 20.9 Å². The SMILES string of the molecule is [2H]C([2H])([2H])[C@@H]1Oc2nc(-c3cc(N(Cc4ccc(OC)cc4)Cc4ccc(OC)cc4)c(F)c(C)c3C(F)(F)F)c(F)c(Br)c2C(=O)N2C[C@H]3CC[C@@H]([C@@H]12)N3C(=O)OC(C)(C)C. The molecule has 0 unspecified atom stereocenters. The molecule has 16 heteroatoms. The molecule has 0 aliphatic carbocycles. The molecule has 59 heavy (non-hydrogen) atoms. The van der Waals surface area contributed by atoms with Gasteiger partial charge in [-0.2, -0.15) is 13.2 Å². The van der Waals surface area contributed by atoms with Gasteiger partial charge in [-0.25, -0.2) is 18.6 Å². The van der Waals surface area contributed by atoms with Crippen molar-refractivity contribution in [1.82, 2.24) is 14.8 Å². The molecule has 0 N–H and O–H groups in total. The standard InChI is InChI=1S/C43H44BrF5N4O6/c1-22-33(43(47,48)49)29(18-31(35(22)45)51(19-24-8-13-27(56-6)14-9-24)20-25-10-15-28(57-7)16-11-25)37-36(46)34(44)32-39(50-37)58-23(2)38-30-17-12-26(21-52(38)40(32)54)53(30)41(55)59-42(3,4)5/h8-11,13-16,18,23,26,30,38H,12,17,19-21H2,1-7H3/t23-,26+,30-,38+/m0/s1/i2D3. The number of rotatable bonds is 8. The molecular formula is C43H44BrF5N4O6. The lowest BCUT2D eigenvalue weighted by molar-refractivity contribution is -0.137. The molecule has 3 aliphatic heterocycles. The van der Waals surface area contributed by atoms with E-state index < -0.39 is 105 Å². The highest BCUT2D eigenvalue weighted by molar-refractivity contribution is 9.10. The molecule has 314 valence electrons. The van der Waals surface area contributed by atoms with Crippen LogP contribution in [0.3, 0.4) is 0 Å². The molecule has 0 radical (unpaired) electrons. The molecule has 4 aromatic rings. The van der Waals surface area contributed by atoms with E-state index in [1.807, 2.05) is 0 Å². The minimum atomic E-state index is -5.26. The quantitative estimate of drug-likeness (QED) is 0.162. The van der Waals surface area contributed by atoms with Crippen molar-refractivity contribution in [1.29, 1.82) is 0 Å². The normalized spacial score (nSPS) is 21.0. The van der Waals surface area contributed by atoms with Crippen LogP contribution in [0.2, 0.25) is 0 Å². The fourth-order valence-corrected chi connectivity index (χ4v) is 8.68. The van der Waals surface area contributed by atoms with Gasteiger partial charge in [-0.1, -0.05) is 24.3 Å². The molecule has 2 fully saturated rings. The van der Waals surface area contributed by atoms with E-state index in [1.54, 1.807) is 69.3 Å². The first kappa shape index (κ1) is 38.1. The van der Waals surface area contributed by atoms with Crippen LogP contribution < -0.4 is 19.1 Å². The number of piperazine rings is 1. The monoisotopic (exact) mass is 889 g/mol. The molecule has 2 bridgehead atoms. The number of anilines is 1. The Morgan fingerprint density at radius 2 is 1.58 bits per heavy atom. The molecule has 7 rings (SSSR count). The minimum Gasteiger partial charge on any atom is -0.497 e. The zero-order chi connectivity index (χ0) is 45.2. The van der Waals surface area contributed by atoms with Crippen molar-refractivity contribution in [2.24, 2.45) is 0 Å². The number of benzene rings is 3. The molecule has 4 atom stereocenters. The summed E-state index contributed by atoms with van der Waals surface area (Å²) in [4.78, 5) is 36.3. The van der Waals surface area contributed by atoms with Crippen LogP contribution in [0, 0.1) is 18.6 Å². The number of fused-ring (bicyclic) bond motifs is 5. The van der Waals surface area contributed by atoms with E-state index in [9.17, 15) is 9.59 Å². The minimum absolute atomic E-state index is 0.0292. The Labute approximate surface area is 351 Å². The largest absolute Gasteiger partial charge is 0.497 e. The lowest BCUT2D eigenvalue weighted by Gasteiger charge is -2.47. The van der Waals surface area contributed by atoms with Gasteiger partial charge in [-0.15, -0.1) is 0 Å². The van der Waals surface area contributed by atoms with E-state index in [0.717, 1.165) is 13.0 Å². The zero-order valence-corrected chi connectivity index (χ0v) is 34.6. The number of nitrogens with zero attached hydrogens (tertiary/aromatic N) is 4. The fourth-order valence-electron chi connectivity index (χ4n) is 8.15. The molecule has 0 spiro atoms. The maximum absolute atomic E-state index is 17.0. The smallest absolute Gasteiger partial charge is 0.417 e. The fraction of sp³-hybridized carbons (Fsp3) is 0.419. The van der Waals surface area contributed by atoms with Gasteiger partial charge in [0.05, 0.1) is 48.1 Å². The average molecular weight is 891 g/mol. The van der Waals surface area contributed by atoms with Gasteiger partial charge >= 0.3 is 12.3 Å². The van der Waals surface area contributed by atoms with Crippen LogP contribution in [-0.2, 0) is 24.0 Å². The van der Waals surface area contributed by atoms with Gasteiger partial charge in [0.2, 0.25) is 5.88 Å².